The summed E-state index contributed by atoms with van der Waals surface area (Å²) < 4.78 is 7.95. The number of hydrogen-bond donors (Lipinski definition) is 1. The highest BCUT2D eigenvalue weighted by Gasteiger charge is 2.32. The van der Waals surface area contributed by atoms with E-state index in [1.807, 2.05) is 65.2 Å². The van der Waals surface area contributed by atoms with Gasteiger partial charge in [0, 0.05) is 30.4 Å². The Bertz CT molecular complexity index is 1040. The SMILES string of the molecule is O=C(CSc1nnc(-c2ccccc2)n1-c1ccccc1)NCC1CN2CCCC2CO1. The number of nitrogens with one attached hydrogen (secondary N) is 1. The van der Waals surface area contributed by atoms with E-state index in [2.05, 4.69) is 20.4 Å². The molecule has 0 saturated carbocycles. The van der Waals surface area contributed by atoms with Crippen molar-refractivity contribution in [2.75, 3.05) is 32.0 Å². The number of ether oxygens (including phenoxy) is 1. The number of aromatic nitrogens is 3. The van der Waals surface area contributed by atoms with E-state index in [1.54, 1.807) is 0 Å². The molecule has 3 heterocycles. The maximum Gasteiger partial charge on any atom is 0.230 e. The maximum absolute atomic E-state index is 12.6. The average molecular weight is 450 g/mol. The lowest BCUT2D eigenvalue weighted by Gasteiger charge is -2.35. The van der Waals surface area contributed by atoms with Gasteiger partial charge in [-0.1, -0.05) is 60.3 Å². The fourth-order valence-corrected chi connectivity index (χ4v) is 5.15. The first kappa shape index (κ1) is 21.2. The van der Waals surface area contributed by atoms with E-state index >= 15 is 0 Å². The first-order valence-corrected chi connectivity index (χ1v) is 12.1. The lowest BCUT2D eigenvalue weighted by molar-refractivity contribution is -0.120. The van der Waals surface area contributed by atoms with E-state index in [1.165, 1.54) is 24.6 Å². The quantitative estimate of drug-likeness (QED) is 0.559. The van der Waals surface area contributed by atoms with E-state index in [0.717, 1.165) is 36.8 Å². The number of para-hydroxylation sites is 1. The summed E-state index contributed by atoms with van der Waals surface area (Å²) in [6, 6.07) is 20.5. The zero-order valence-corrected chi connectivity index (χ0v) is 18.7. The second-order valence-corrected chi connectivity index (χ2v) is 9.12. The van der Waals surface area contributed by atoms with Crippen molar-refractivity contribution in [3.63, 3.8) is 0 Å². The van der Waals surface area contributed by atoms with Crippen LogP contribution in [0.2, 0.25) is 0 Å². The van der Waals surface area contributed by atoms with Crippen LogP contribution in [-0.4, -0.2) is 69.7 Å². The van der Waals surface area contributed by atoms with E-state index in [-0.39, 0.29) is 17.8 Å². The fourth-order valence-electron chi connectivity index (χ4n) is 4.37. The van der Waals surface area contributed by atoms with Crippen LogP contribution < -0.4 is 5.32 Å². The van der Waals surface area contributed by atoms with Gasteiger partial charge in [-0.3, -0.25) is 14.3 Å². The molecule has 2 saturated heterocycles. The summed E-state index contributed by atoms with van der Waals surface area (Å²) in [6.45, 7) is 3.37. The molecule has 2 aromatic carbocycles. The third kappa shape index (κ3) is 4.72. The van der Waals surface area contributed by atoms with Crippen molar-refractivity contribution in [1.29, 1.82) is 0 Å². The van der Waals surface area contributed by atoms with Gasteiger partial charge in [0.2, 0.25) is 5.91 Å². The highest BCUT2D eigenvalue weighted by atomic mass is 32.2. The summed E-state index contributed by atoms with van der Waals surface area (Å²) in [5, 5.41) is 12.5. The number of hydrogen-bond acceptors (Lipinski definition) is 6. The molecule has 2 aliphatic heterocycles. The van der Waals surface area contributed by atoms with Gasteiger partial charge in [-0.05, 0) is 31.5 Å². The van der Waals surface area contributed by atoms with Crippen LogP contribution in [0.15, 0.2) is 65.8 Å². The van der Waals surface area contributed by atoms with Crippen LogP contribution in [0.4, 0.5) is 0 Å². The van der Waals surface area contributed by atoms with Crippen LogP contribution in [0.25, 0.3) is 17.1 Å². The predicted molar refractivity (Wildman–Crippen MR) is 125 cm³/mol. The van der Waals surface area contributed by atoms with E-state index < -0.39 is 0 Å². The number of rotatable bonds is 7. The zero-order chi connectivity index (χ0) is 21.8. The molecule has 0 aliphatic carbocycles. The molecule has 2 atom stereocenters. The molecule has 2 unspecified atom stereocenters. The molecule has 0 radical (unpaired) electrons. The number of amides is 1. The minimum Gasteiger partial charge on any atom is -0.373 e. The molecular formula is C24H27N5O2S. The van der Waals surface area contributed by atoms with Crippen LogP contribution >= 0.6 is 11.8 Å². The first-order chi connectivity index (χ1) is 15.8. The van der Waals surface area contributed by atoms with Crippen molar-refractivity contribution in [3.05, 3.63) is 60.7 Å². The van der Waals surface area contributed by atoms with Crippen molar-refractivity contribution in [3.8, 4) is 17.1 Å². The summed E-state index contributed by atoms with van der Waals surface area (Å²) >= 11 is 1.39. The molecule has 32 heavy (non-hydrogen) atoms. The number of carbonyl (C=O) groups excluding carboxylic acids is 1. The van der Waals surface area contributed by atoms with Crippen LogP contribution in [-0.2, 0) is 9.53 Å². The van der Waals surface area contributed by atoms with Crippen molar-refractivity contribution in [1.82, 2.24) is 25.0 Å². The van der Waals surface area contributed by atoms with Gasteiger partial charge >= 0.3 is 0 Å². The Morgan fingerprint density at radius 2 is 1.88 bits per heavy atom. The number of carbonyl (C=O) groups is 1. The molecule has 8 heteroatoms. The Morgan fingerprint density at radius 3 is 2.69 bits per heavy atom. The Kier molecular flexibility index (Phi) is 6.52. The van der Waals surface area contributed by atoms with Crippen LogP contribution in [0.5, 0.6) is 0 Å². The van der Waals surface area contributed by atoms with Gasteiger partial charge in [0.1, 0.15) is 0 Å². The van der Waals surface area contributed by atoms with Crippen LogP contribution in [0, 0.1) is 0 Å². The summed E-state index contributed by atoms with van der Waals surface area (Å²) in [7, 11) is 0. The number of fused-ring (bicyclic) bond motifs is 1. The second kappa shape index (κ2) is 9.85. The van der Waals surface area contributed by atoms with E-state index in [9.17, 15) is 4.79 Å². The third-order valence-corrected chi connectivity index (χ3v) is 6.93. The Hall–Kier alpha value is -2.68. The molecule has 7 nitrogen and oxygen atoms in total. The summed E-state index contributed by atoms with van der Waals surface area (Å²) in [4.78, 5) is 15.0. The van der Waals surface area contributed by atoms with Gasteiger partial charge in [0.15, 0.2) is 11.0 Å². The van der Waals surface area contributed by atoms with Crippen molar-refractivity contribution in [2.24, 2.45) is 0 Å². The Morgan fingerprint density at radius 1 is 1.09 bits per heavy atom. The van der Waals surface area contributed by atoms with Gasteiger partial charge in [-0.15, -0.1) is 10.2 Å². The highest BCUT2D eigenvalue weighted by Crippen LogP contribution is 2.28. The fraction of sp³-hybridized carbons (Fsp3) is 0.375. The van der Waals surface area contributed by atoms with Crippen molar-refractivity contribution < 1.29 is 9.53 Å². The normalized spacial score (nSPS) is 20.8. The second-order valence-electron chi connectivity index (χ2n) is 8.18. The molecule has 166 valence electrons. The lowest BCUT2D eigenvalue weighted by Crippen LogP contribution is -2.50. The molecule has 0 spiro atoms. The van der Waals surface area contributed by atoms with Gasteiger partial charge in [-0.2, -0.15) is 0 Å². The summed E-state index contributed by atoms with van der Waals surface area (Å²) in [5.41, 5.74) is 1.95. The lowest BCUT2D eigenvalue weighted by atomic mass is 10.2. The Labute approximate surface area is 192 Å². The minimum absolute atomic E-state index is 0.0222. The first-order valence-electron chi connectivity index (χ1n) is 11.1. The molecular weight excluding hydrogens is 422 g/mol. The molecule has 0 bridgehead atoms. The molecule has 1 amide bonds. The maximum atomic E-state index is 12.6. The smallest absolute Gasteiger partial charge is 0.230 e. The molecule has 1 aromatic heterocycles. The zero-order valence-electron chi connectivity index (χ0n) is 17.9. The van der Waals surface area contributed by atoms with E-state index in [4.69, 9.17) is 4.74 Å². The molecule has 5 rings (SSSR count). The number of morpholine rings is 1. The minimum atomic E-state index is -0.0222. The Balaban J connectivity index is 1.23. The van der Waals surface area contributed by atoms with Gasteiger partial charge in [0.25, 0.3) is 0 Å². The third-order valence-electron chi connectivity index (χ3n) is 6.00. The highest BCUT2D eigenvalue weighted by molar-refractivity contribution is 7.99. The summed E-state index contributed by atoms with van der Waals surface area (Å²) in [5.74, 6) is 1.01. The predicted octanol–water partition coefficient (Wildman–Crippen LogP) is 3.01. The average Bonchev–Trinajstić information content (AvgIpc) is 3.49. The van der Waals surface area contributed by atoms with E-state index in [0.29, 0.717) is 17.7 Å². The standard InChI is InChI=1S/C24H27N5O2S/c30-22(25-14-21-15-28-13-7-12-20(28)16-31-21)17-32-24-27-26-23(18-8-3-1-4-9-18)29(24)19-10-5-2-6-11-19/h1-6,8-11,20-21H,7,12-17H2,(H,25,30). The van der Waals surface area contributed by atoms with Gasteiger partial charge in [-0.25, -0.2) is 0 Å². The van der Waals surface area contributed by atoms with Crippen LogP contribution in [0.1, 0.15) is 12.8 Å². The number of nitrogens with zero attached hydrogens (tertiary/aromatic N) is 4. The number of benzene rings is 2. The number of thioether (sulfide) groups is 1. The molecule has 2 aliphatic rings. The monoisotopic (exact) mass is 449 g/mol. The summed E-state index contributed by atoms with van der Waals surface area (Å²) in [6.07, 6.45) is 2.54. The van der Waals surface area contributed by atoms with Gasteiger partial charge in [0.05, 0.1) is 18.5 Å². The molecule has 1 N–H and O–H groups in total. The van der Waals surface area contributed by atoms with Crippen molar-refractivity contribution in [2.45, 2.75) is 30.1 Å². The molecule has 2 fully saturated rings. The van der Waals surface area contributed by atoms with Crippen LogP contribution in [0.3, 0.4) is 0 Å². The van der Waals surface area contributed by atoms with Crippen molar-refractivity contribution >= 4 is 17.7 Å². The topological polar surface area (TPSA) is 72.3 Å². The van der Waals surface area contributed by atoms with Gasteiger partial charge < -0.3 is 10.1 Å². The molecule has 3 aromatic rings. The largest absolute Gasteiger partial charge is 0.373 e.